The highest BCUT2D eigenvalue weighted by atomic mass is 35.5. The lowest BCUT2D eigenvalue weighted by atomic mass is 10.1. The van der Waals surface area contributed by atoms with Crippen LogP contribution in [0.1, 0.15) is 34.2 Å². The van der Waals surface area contributed by atoms with Gasteiger partial charge in [0.1, 0.15) is 23.9 Å². The molecule has 0 atom stereocenters. The largest absolute Gasteiger partial charge is 0.489 e. The van der Waals surface area contributed by atoms with Crippen LogP contribution in [-0.4, -0.2) is 17.6 Å². The molecule has 0 saturated carbocycles. The molecule has 7 heteroatoms. The van der Waals surface area contributed by atoms with Crippen molar-refractivity contribution in [1.82, 2.24) is 4.98 Å². The first-order chi connectivity index (χ1) is 14.0. The van der Waals surface area contributed by atoms with Gasteiger partial charge in [0.15, 0.2) is 0 Å². The summed E-state index contributed by atoms with van der Waals surface area (Å²) in [6.07, 6.45) is 0.403. The molecule has 3 aromatic rings. The standard InChI is InChI=1S/C22H18Cl2FNO3/c1-2-28-22(27)20-5-3-4-18(26-20)11-15-10-16(23)7-9-21(15)29-13-14-6-8-17(25)12-19(14)24/h3-10,12H,2,11,13H2,1H3. The van der Waals surface area contributed by atoms with Crippen molar-refractivity contribution in [3.63, 3.8) is 0 Å². The monoisotopic (exact) mass is 433 g/mol. The van der Waals surface area contributed by atoms with Crippen LogP contribution >= 0.6 is 23.2 Å². The Morgan fingerprint density at radius 3 is 2.66 bits per heavy atom. The second kappa shape index (κ2) is 9.72. The molecular weight excluding hydrogens is 416 g/mol. The van der Waals surface area contributed by atoms with Crippen LogP contribution in [0.5, 0.6) is 5.75 Å². The number of halogens is 3. The second-order valence-corrected chi connectivity index (χ2v) is 7.03. The van der Waals surface area contributed by atoms with E-state index < -0.39 is 11.8 Å². The van der Waals surface area contributed by atoms with Crippen LogP contribution in [-0.2, 0) is 17.8 Å². The van der Waals surface area contributed by atoms with Crippen LogP contribution in [0.3, 0.4) is 0 Å². The number of rotatable bonds is 7. The van der Waals surface area contributed by atoms with Crippen LogP contribution in [0.25, 0.3) is 0 Å². The molecule has 0 aliphatic carbocycles. The molecule has 0 spiro atoms. The minimum atomic E-state index is -0.470. The summed E-state index contributed by atoms with van der Waals surface area (Å²) >= 11 is 12.2. The SMILES string of the molecule is CCOC(=O)c1cccc(Cc2cc(Cl)ccc2OCc2ccc(F)cc2Cl)n1. The second-order valence-electron chi connectivity index (χ2n) is 6.19. The summed E-state index contributed by atoms with van der Waals surface area (Å²) in [6, 6.07) is 14.6. The molecule has 3 rings (SSSR count). The number of aromatic nitrogens is 1. The summed E-state index contributed by atoms with van der Waals surface area (Å²) < 4.78 is 24.1. The van der Waals surface area contributed by atoms with E-state index in [0.29, 0.717) is 33.5 Å². The molecular formula is C22H18Cl2FNO3. The molecule has 0 aliphatic rings. The third kappa shape index (κ3) is 5.68. The quantitative estimate of drug-likeness (QED) is 0.436. The van der Waals surface area contributed by atoms with E-state index in [-0.39, 0.29) is 18.9 Å². The van der Waals surface area contributed by atoms with Crippen LogP contribution in [0, 0.1) is 5.82 Å². The van der Waals surface area contributed by atoms with Crippen molar-refractivity contribution in [2.45, 2.75) is 20.0 Å². The first kappa shape index (κ1) is 21.1. The van der Waals surface area contributed by atoms with Gasteiger partial charge < -0.3 is 9.47 Å². The number of carbonyl (C=O) groups is 1. The van der Waals surface area contributed by atoms with Gasteiger partial charge in [0.25, 0.3) is 0 Å². The Balaban J connectivity index is 1.80. The van der Waals surface area contributed by atoms with Gasteiger partial charge in [0, 0.05) is 28.3 Å². The minimum Gasteiger partial charge on any atom is -0.489 e. The molecule has 29 heavy (non-hydrogen) atoms. The van der Waals surface area contributed by atoms with Crippen LogP contribution in [0.2, 0.25) is 10.0 Å². The third-order valence-electron chi connectivity index (χ3n) is 4.08. The van der Waals surface area contributed by atoms with Gasteiger partial charge in [0.2, 0.25) is 0 Å². The maximum Gasteiger partial charge on any atom is 0.356 e. The number of benzene rings is 2. The Hall–Kier alpha value is -2.63. The van der Waals surface area contributed by atoms with E-state index >= 15 is 0 Å². The normalized spacial score (nSPS) is 10.6. The van der Waals surface area contributed by atoms with E-state index in [4.69, 9.17) is 32.7 Å². The van der Waals surface area contributed by atoms with Gasteiger partial charge in [0.05, 0.1) is 11.6 Å². The van der Waals surface area contributed by atoms with E-state index in [2.05, 4.69) is 4.98 Å². The first-order valence-electron chi connectivity index (χ1n) is 8.94. The number of esters is 1. The Bertz CT molecular complexity index is 1030. The Morgan fingerprint density at radius 1 is 1.07 bits per heavy atom. The van der Waals surface area contributed by atoms with Crippen molar-refractivity contribution in [3.05, 3.63) is 93.0 Å². The molecule has 0 amide bonds. The van der Waals surface area contributed by atoms with E-state index in [9.17, 15) is 9.18 Å². The van der Waals surface area contributed by atoms with Gasteiger partial charge in [-0.05, 0) is 49.4 Å². The summed E-state index contributed by atoms with van der Waals surface area (Å²) in [4.78, 5) is 16.3. The summed E-state index contributed by atoms with van der Waals surface area (Å²) in [7, 11) is 0. The highest BCUT2D eigenvalue weighted by molar-refractivity contribution is 6.31. The van der Waals surface area contributed by atoms with E-state index in [0.717, 1.165) is 5.56 Å². The smallest absolute Gasteiger partial charge is 0.356 e. The number of pyridine rings is 1. The molecule has 0 unspecified atom stereocenters. The predicted molar refractivity (Wildman–Crippen MR) is 110 cm³/mol. The molecule has 0 aliphatic heterocycles. The first-order valence-corrected chi connectivity index (χ1v) is 9.70. The van der Waals surface area contributed by atoms with Crippen molar-refractivity contribution in [2.75, 3.05) is 6.61 Å². The fourth-order valence-corrected chi connectivity index (χ4v) is 3.13. The molecule has 0 radical (unpaired) electrons. The van der Waals surface area contributed by atoms with Crippen molar-refractivity contribution >= 4 is 29.2 Å². The average molecular weight is 434 g/mol. The zero-order valence-corrected chi connectivity index (χ0v) is 17.1. The Kier molecular flexibility index (Phi) is 7.07. The summed E-state index contributed by atoms with van der Waals surface area (Å²) in [6.45, 7) is 2.19. The zero-order chi connectivity index (χ0) is 20.8. The summed E-state index contributed by atoms with van der Waals surface area (Å²) in [5, 5.41) is 0.845. The number of nitrogens with zero attached hydrogens (tertiary/aromatic N) is 1. The topological polar surface area (TPSA) is 48.4 Å². The summed E-state index contributed by atoms with van der Waals surface area (Å²) in [5.74, 6) is -0.278. The molecule has 4 nitrogen and oxygen atoms in total. The number of hydrogen-bond acceptors (Lipinski definition) is 4. The van der Waals surface area contributed by atoms with Crippen molar-refractivity contribution < 1.29 is 18.7 Å². The lowest BCUT2D eigenvalue weighted by Gasteiger charge is -2.13. The molecule has 1 aromatic heterocycles. The highest BCUT2D eigenvalue weighted by Gasteiger charge is 2.12. The number of ether oxygens (including phenoxy) is 2. The number of carbonyl (C=O) groups excluding carboxylic acids is 1. The minimum absolute atomic E-state index is 0.171. The zero-order valence-electron chi connectivity index (χ0n) is 15.6. The van der Waals surface area contributed by atoms with E-state index in [1.807, 2.05) is 6.07 Å². The molecule has 2 aromatic carbocycles. The molecule has 0 fully saturated rings. The maximum absolute atomic E-state index is 13.2. The van der Waals surface area contributed by atoms with Crippen molar-refractivity contribution in [3.8, 4) is 5.75 Å². The predicted octanol–water partition coefficient (Wildman–Crippen LogP) is 5.87. The molecule has 0 saturated heterocycles. The van der Waals surface area contributed by atoms with Crippen LogP contribution in [0.15, 0.2) is 54.6 Å². The molecule has 0 N–H and O–H groups in total. The fraction of sp³-hybridized carbons (Fsp3) is 0.182. The van der Waals surface area contributed by atoms with Gasteiger partial charge in [-0.1, -0.05) is 35.3 Å². The molecule has 150 valence electrons. The summed E-state index contributed by atoms with van der Waals surface area (Å²) in [5.41, 5.74) is 2.37. The van der Waals surface area contributed by atoms with Gasteiger partial charge in [-0.15, -0.1) is 0 Å². The van der Waals surface area contributed by atoms with E-state index in [1.165, 1.54) is 12.1 Å². The lowest BCUT2D eigenvalue weighted by Crippen LogP contribution is -2.08. The van der Waals surface area contributed by atoms with Gasteiger partial charge in [-0.25, -0.2) is 14.2 Å². The molecule has 1 heterocycles. The maximum atomic E-state index is 13.2. The Morgan fingerprint density at radius 2 is 1.90 bits per heavy atom. The third-order valence-corrected chi connectivity index (χ3v) is 4.67. The van der Waals surface area contributed by atoms with Crippen molar-refractivity contribution in [2.24, 2.45) is 0 Å². The van der Waals surface area contributed by atoms with E-state index in [1.54, 1.807) is 43.3 Å². The van der Waals surface area contributed by atoms with Gasteiger partial charge >= 0.3 is 5.97 Å². The Labute approximate surface area is 178 Å². The number of hydrogen-bond donors (Lipinski definition) is 0. The highest BCUT2D eigenvalue weighted by Crippen LogP contribution is 2.27. The van der Waals surface area contributed by atoms with Gasteiger partial charge in [-0.3, -0.25) is 0 Å². The lowest BCUT2D eigenvalue weighted by molar-refractivity contribution is 0.0519. The van der Waals surface area contributed by atoms with Crippen LogP contribution < -0.4 is 4.74 Å². The van der Waals surface area contributed by atoms with Crippen LogP contribution in [0.4, 0.5) is 4.39 Å². The molecule has 0 bridgehead atoms. The van der Waals surface area contributed by atoms with Gasteiger partial charge in [-0.2, -0.15) is 0 Å². The van der Waals surface area contributed by atoms with Crippen molar-refractivity contribution in [1.29, 1.82) is 0 Å². The fourth-order valence-electron chi connectivity index (χ4n) is 2.71. The average Bonchev–Trinajstić information content (AvgIpc) is 2.69.